The molecule has 4 rings (SSSR count). The van der Waals surface area contributed by atoms with Crippen LogP contribution in [-0.2, 0) is 10.3 Å². The van der Waals surface area contributed by atoms with Crippen LogP contribution in [0.3, 0.4) is 0 Å². The number of thioether (sulfide) groups is 1. The van der Waals surface area contributed by atoms with Crippen LogP contribution < -0.4 is 11.1 Å². The van der Waals surface area contributed by atoms with Gasteiger partial charge < -0.3 is 15.8 Å². The first-order chi connectivity index (χ1) is 15.9. The first-order valence-corrected chi connectivity index (χ1v) is 11.5. The number of aliphatic imine (C=N–C) groups is 2. The molecule has 1 amide bonds. The Balaban J connectivity index is 1.69. The molecule has 2 aromatic rings. The van der Waals surface area contributed by atoms with Crippen molar-refractivity contribution in [2.75, 3.05) is 19.4 Å². The number of ether oxygens (including phenoxy) is 1. The normalized spacial score (nSPS) is 25.4. The van der Waals surface area contributed by atoms with Crippen LogP contribution in [0.2, 0.25) is 0 Å². The largest absolute Gasteiger partial charge is 0.400 e. The Labute approximate surface area is 195 Å². The quantitative estimate of drug-likeness (QED) is 0.668. The van der Waals surface area contributed by atoms with Crippen molar-refractivity contribution in [3.63, 3.8) is 0 Å². The van der Waals surface area contributed by atoms with Crippen LogP contribution in [0.1, 0.15) is 22.3 Å². The topological polar surface area (TPSA) is 89.1 Å². The fourth-order valence-corrected chi connectivity index (χ4v) is 5.27. The number of hydrogen-bond acceptors (Lipinski definition) is 6. The van der Waals surface area contributed by atoms with Gasteiger partial charge in [-0.3, -0.25) is 9.79 Å². The number of nitrogens with two attached hydrogens (primary N) is 1. The smallest absolute Gasteiger partial charge is 0.257 e. The molecule has 3 atom stereocenters. The summed E-state index contributed by atoms with van der Waals surface area (Å²) in [7, 11) is 1.64. The maximum absolute atomic E-state index is 15.0. The van der Waals surface area contributed by atoms with Gasteiger partial charge in [-0.15, -0.1) is 0 Å². The average Bonchev–Trinajstić information content (AvgIpc) is 2.82. The summed E-state index contributed by atoms with van der Waals surface area (Å²) >= 11 is 1.39. The number of benzene rings is 2. The van der Waals surface area contributed by atoms with Crippen LogP contribution >= 0.6 is 11.8 Å². The molecule has 0 bridgehead atoms. The molecular weight excluding hydrogens is 446 g/mol. The number of rotatable bonds is 4. The molecule has 2 aliphatic heterocycles. The van der Waals surface area contributed by atoms with Gasteiger partial charge in [0.1, 0.15) is 17.2 Å². The summed E-state index contributed by atoms with van der Waals surface area (Å²) in [5, 5.41) is 3.19. The van der Waals surface area contributed by atoms with E-state index in [1.807, 2.05) is 6.07 Å². The van der Waals surface area contributed by atoms with Crippen molar-refractivity contribution in [2.45, 2.75) is 18.1 Å². The van der Waals surface area contributed by atoms with Crippen molar-refractivity contribution < 1.29 is 18.3 Å². The third kappa shape index (κ3) is 4.84. The number of carbonyl (C=O) groups is 1. The number of carbonyl (C=O) groups excluding carboxylic acids is 1. The van der Waals surface area contributed by atoms with E-state index < -0.39 is 17.2 Å². The lowest BCUT2D eigenvalue weighted by molar-refractivity contribution is -0.0400. The minimum Gasteiger partial charge on any atom is -0.400 e. The van der Waals surface area contributed by atoms with Crippen molar-refractivity contribution in [2.24, 2.45) is 21.6 Å². The van der Waals surface area contributed by atoms with Gasteiger partial charge in [-0.1, -0.05) is 36.0 Å². The van der Waals surface area contributed by atoms with Gasteiger partial charge in [0.05, 0.1) is 12.7 Å². The van der Waals surface area contributed by atoms with E-state index in [1.165, 1.54) is 23.9 Å². The van der Waals surface area contributed by atoms with Crippen LogP contribution in [0.5, 0.6) is 0 Å². The molecule has 9 heteroatoms. The summed E-state index contributed by atoms with van der Waals surface area (Å²) in [5.41, 5.74) is 6.29. The molecule has 2 aliphatic rings. The second-order valence-corrected chi connectivity index (χ2v) is 8.91. The predicted molar refractivity (Wildman–Crippen MR) is 126 cm³/mol. The number of amidine groups is 1. The van der Waals surface area contributed by atoms with Gasteiger partial charge in [0.2, 0.25) is 0 Å². The molecule has 0 saturated carbocycles. The first-order valence-electron chi connectivity index (χ1n) is 10.5. The van der Waals surface area contributed by atoms with Gasteiger partial charge in [0.15, 0.2) is 5.17 Å². The Morgan fingerprint density at radius 1 is 1.30 bits per heavy atom. The van der Waals surface area contributed by atoms with E-state index in [4.69, 9.17) is 15.5 Å². The van der Waals surface area contributed by atoms with Gasteiger partial charge >= 0.3 is 0 Å². The molecule has 1 saturated heterocycles. The molecule has 0 unspecified atom stereocenters. The lowest BCUT2D eigenvalue weighted by Gasteiger charge is -2.46. The number of halogens is 2. The lowest BCUT2D eigenvalue weighted by Crippen LogP contribution is -2.52. The van der Waals surface area contributed by atoms with Crippen LogP contribution in [0, 0.1) is 17.6 Å². The number of allylic oxidation sites excluding steroid dienone is 1. The zero-order chi connectivity index (χ0) is 23.4. The Morgan fingerprint density at radius 2 is 2.09 bits per heavy atom. The fraction of sp³-hybridized carbons (Fsp3) is 0.292. The summed E-state index contributed by atoms with van der Waals surface area (Å²) in [5.74, 6) is -1.27. The molecule has 33 heavy (non-hydrogen) atoms. The van der Waals surface area contributed by atoms with E-state index in [2.05, 4.69) is 10.3 Å². The van der Waals surface area contributed by atoms with E-state index in [9.17, 15) is 13.6 Å². The molecule has 2 heterocycles. The van der Waals surface area contributed by atoms with Gasteiger partial charge in [0, 0.05) is 47.8 Å². The van der Waals surface area contributed by atoms with Crippen LogP contribution in [-0.4, -0.2) is 42.8 Å². The minimum atomic E-state index is -1.11. The molecule has 2 aromatic carbocycles. The molecule has 0 aromatic heterocycles. The molecule has 0 spiro atoms. The third-order valence-corrected chi connectivity index (χ3v) is 6.88. The van der Waals surface area contributed by atoms with E-state index in [0.29, 0.717) is 28.6 Å². The molecule has 3 N–H and O–H groups in total. The Bertz CT molecular complexity index is 1120. The summed E-state index contributed by atoms with van der Waals surface area (Å²) in [6.07, 6.45) is 3.39. The average molecular weight is 471 g/mol. The second-order valence-electron chi connectivity index (χ2n) is 7.90. The van der Waals surface area contributed by atoms with Crippen molar-refractivity contribution in [3.05, 3.63) is 83.1 Å². The van der Waals surface area contributed by atoms with Crippen LogP contribution in [0.15, 0.2) is 70.3 Å². The van der Waals surface area contributed by atoms with Crippen molar-refractivity contribution in [1.29, 1.82) is 0 Å². The Hall–Kier alpha value is -3.04. The maximum Gasteiger partial charge on any atom is 0.257 e. The first kappa shape index (κ1) is 23.1. The summed E-state index contributed by atoms with van der Waals surface area (Å²) in [6, 6.07) is 12.2. The third-order valence-electron chi connectivity index (χ3n) is 5.84. The molecule has 0 aliphatic carbocycles. The number of nitrogens with zero attached hydrogens (tertiary/aromatic N) is 2. The van der Waals surface area contributed by atoms with Crippen molar-refractivity contribution in [3.8, 4) is 0 Å². The fourth-order valence-electron chi connectivity index (χ4n) is 4.11. The van der Waals surface area contributed by atoms with Crippen LogP contribution in [0.4, 0.5) is 8.78 Å². The van der Waals surface area contributed by atoms with Crippen molar-refractivity contribution >= 4 is 29.1 Å². The zero-order valence-electron chi connectivity index (χ0n) is 18.0. The lowest BCUT2D eigenvalue weighted by atomic mass is 9.74. The second kappa shape index (κ2) is 9.84. The van der Waals surface area contributed by atoms with Gasteiger partial charge in [-0.05, 0) is 30.7 Å². The monoisotopic (exact) mass is 470 g/mol. The number of fused-ring (bicyclic) bond motifs is 1. The summed E-state index contributed by atoms with van der Waals surface area (Å²) < 4.78 is 34.7. The Morgan fingerprint density at radius 3 is 2.82 bits per heavy atom. The van der Waals surface area contributed by atoms with Gasteiger partial charge in [-0.25, -0.2) is 13.8 Å². The van der Waals surface area contributed by atoms with E-state index in [-0.39, 0.29) is 30.1 Å². The molecule has 6 nitrogen and oxygen atoms in total. The highest BCUT2D eigenvalue weighted by Gasteiger charge is 2.50. The summed E-state index contributed by atoms with van der Waals surface area (Å²) in [4.78, 5) is 21.4. The van der Waals surface area contributed by atoms with E-state index in [0.717, 1.165) is 6.07 Å². The maximum atomic E-state index is 15.0. The predicted octanol–water partition coefficient (Wildman–Crippen LogP) is 3.64. The highest BCUT2D eigenvalue weighted by Crippen LogP contribution is 2.47. The highest BCUT2D eigenvalue weighted by molar-refractivity contribution is 8.13. The Kier molecular flexibility index (Phi) is 6.90. The molecular formula is C24H24F2N4O2S. The van der Waals surface area contributed by atoms with E-state index >= 15 is 0 Å². The van der Waals surface area contributed by atoms with Crippen molar-refractivity contribution in [1.82, 2.24) is 5.32 Å². The van der Waals surface area contributed by atoms with E-state index in [1.54, 1.807) is 43.6 Å². The minimum absolute atomic E-state index is 0.0357. The number of nitrogens with one attached hydrogen (secondary N) is 1. The molecule has 0 radical (unpaired) electrons. The highest BCUT2D eigenvalue weighted by atomic mass is 32.2. The molecule has 1 fully saturated rings. The SMILES string of the molecule is CN=CC=C(N)[C@H]1C[C@H]2CSC(NC(=O)c3ccccc3)=N[C@@]2(c2ccc(F)cc2F)CO1. The number of amides is 1. The van der Waals surface area contributed by atoms with Gasteiger partial charge in [-0.2, -0.15) is 0 Å². The summed E-state index contributed by atoms with van der Waals surface area (Å²) in [6.45, 7) is 0.0357. The standard InChI is InChI=1S/C24H24F2N4O2S/c1-28-10-9-20(27)21-11-16-13-33-23(29-22(31)15-5-3-2-4-6-15)30-24(16,14-32-21)18-8-7-17(25)12-19(18)26/h2-10,12,16,21H,11,13-14,27H2,1H3,(H,29,30,31)/t16-,21+,24-/m0/s1. The zero-order valence-corrected chi connectivity index (χ0v) is 18.8. The molecule has 172 valence electrons. The van der Waals surface area contributed by atoms with Gasteiger partial charge in [0.25, 0.3) is 5.91 Å². The number of hydrogen-bond donors (Lipinski definition) is 2. The van der Waals surface area contributed by atoms with Crippen LogP contribution in [0.25, 0.3) is 0 Å².